The summed E-state index contributed by atoms with van der Waals surface area (Å²) in [5.74, 6) is 1.78. The van der Waals surface area contributed by atoms with E-state index in [1.54, 1.807) is 0 Å². The van der Waals surface area contributed by atoms with Crippen molar-refractivity contribution >= 4 is 17.5 Å². The van der Waals surface area contributed by atoms with Crippen LogP contribution in [0.1, 0.15) is 36.1 Å². The number of hydrogen-bond donors (Lipinski definition) is 1. The summed E-state index contributed by atoms with van der Waals surface area (Å²) in [7, 11) is 0. The number of carbonyl (C=O) groups is 1. The van der Waals surface area contributed by atoms with E-state index in [0.717, 1.165) is 59.2 Å². The Kier molecular flexibility index (Phi) is 5.75. The number of para-hydroxylation sites is 1. The molecule has 1 fully saturated rings. The second-order valence-corrected chi connectivity index (χ2v) is 8.63. The number of amides is 2. The minimum absolute atomic E-state index is 0.0679. The Morgan fingerprint density at radius 2 is 1.66 bits per heavy atom. The number of aromatic nitrogens is 2. The van der Waals surface area contributed by atoms with Crippen LogP contribution in [-0.2, 0) is 13.0 Å². The van der Waals surface area contributed by atoms with E-state index >= 15 is 0 Å². The molecule has 6 heteroatoms. The molecular formula is C26H29N5O. The summed E-state index contributed by atoms with van der Waals surface area (Å²) in [5.41, 5.74) is 5.11. The van der Waals surface area contributed by atoms with E-state index in [4.69, 9.17) is 9.97 Å². The Labute approximate surface area is 189 Å². The molecule has 1 saturated heterocycles. The number of rotatable bonds is 3. The predicted octanol–water partition coefficient (Wildman–Crippen LogP) is 5.03. The van der Waals surface area contributed by atoms with Crippen molar-refractivity contribution in [3.8, 4) is 11.4 Å². The van der Waals surface area contributed by atoms with Gasteiger partial charge < -0.3 is 15.1 Å². The fourth-order valence-electron chi connectivity index (χ4n) is 4.56. The van der Waals surface area contributed by atoms with E-state index in [9.17, 15) is 4.79 Å². The molecule has 6 nitrogen and oxygen atoms in total. The van der Waals surface area contributed by atoms with Gasteiger partial charge >= 0.3 is 6.03 Å². The molecule has 0 radical (unpaired) electrons. The summed E-state index contributed by atoms with van der Waals surface area (Å²) >= 11 is 0. The number of aryl methyl sites for hydroxylation is 1. The number of hydrogen-bond acceptors (Lipinski definition) is 4. The smallest absolute Gasteiger partial charge is 0.322 e. The lowest BCUT2D eigenvalue weighted by molar-refractivity contribution is 0.206. The van der Waals surface area contributed by atoms with E-state index in [2.05, 4.69) is 22.3 Å². The maximum absolute atomic E-state index is 13.1. The largest absolute Gasteiger partial charge is 0.356 e. The third-order valence-corrected chi connectivity index (χ3v) is 6.40. The zero-order valence-electron chi connectivity index (χ0n) is 18.6. The lowest BCUT2D eigenvalue weighted by atomic mass is 10.0. The van der Waals surface area contributed by atoms with Crippen LogP contribution in [0.2, 0.25) is 0 Å². The average molecular weight is 428 g/mol. The second kappa shape index (κ2) is 8.99. The molecule has 32 heavy (non-hydrogen) atoms. The van der Waals surface area contributed by atoms with E-state index in [-0.39, 0.29) is 6.03 Å². The molecular weight excluding hydrogens is 398 g/mol. The van der Waals surface area contributed by atoms with Crippen LogP contribution in [0.4, 0.5) is 16.3 Å². The van der Waals surface area contributed by atoms with Crippen molar-refractivity contribution in [2.45, 2.75) is 39.2 Å². The molecule has 0 aliphatic carbocycles. The number of fused-ring (bicyclic) bond motifs is 1. The first-order chi connectivity index (χ1) is 15.7. The predicted molar refractivity (Wildman–Crippen MR) is 128 cm³/mol. The van der Waals surface area contributed by atoms with Gasteiger partial charge in [-0.25, -0.2) is 14.8 Å². The summed E-state index contributed by atoms with van der Waals surface area (Å²) < 4.78 is 0. The molecule has 0 saturated carbocycles. The molecule has 164 valence electrons. The number of benzene rings is 2. The normalized spacial score (nSPS) is 15.9. The van der Waals surface area contributed by atoms with Gasteiger partial charge in [-0.1, -0.05) is 48.5 Å². The monoisotopic (exact) mass is 427 g/mol. The van der Waals surface area contributed by atoms with Crippen molar-refractivity contribution in [1.29, 1.82) is 0 Å². The number of carbonyl (C=O) groups excluding carboxylic acids is 1. The van der Waals surface area contributed by atoms with Gasteiger partial charge in [0.25, 0.3) is 0 Å². The van der Waals surface area contributed by atoms with Gasteiger partial charge in [-0.15, -0.1) is 0 Å². The Balaban J connectivity index is 1.46. The highest BCUT2D eigenvalue weighted by atomic mass is 16.2. The minimum Gasteiger partial charge on any atom is -0.356 e. The van der Waals surface area contributed by atoms with Gasteiger partial charge in [0.2, 0.25) is 0 Å². The SMILES string of the molecule is Cc1ccccc1NC(=O)N1CCc2nc(-c3ccccc3)nc(N3CCCCC3)c2C1. The van der Waals surface area contributed by atoms with Crippen molar-refractivity contribution < 1.29 is 4.79 Å². The van der Waals surface area contributed by atoms with E-state index < -0.39 is 0 Å². The summed E-state index contributed by atoms with van der Waals surface area (Å²) in [5, 5.41) is 3.08. The van der Waals surface area contributed by atoms with Gasteiger partial charge in [-0.2, -0.15) is 0 Å². The third-order valence-electron chi connectivity index (χ3n) is 6.40. The Morgan fingerprint density at radius 3 is 2.44 bits per heavy atom. The molecule has 0 bridgehead atoms. The molecule has 3 heterocycles. The highest BCUT2D eigenvalue weighted by molar-refractivity contribution is 5.90. The second-order valence-electron chi connectivity index (χ2n) is 8.63. The minimum atomic E-state index is -0.0679. The molecule has 0 atom stereocenters. The van der Waals surface area contributed by atoms with Crippen LogP contribution in [0.5, 0.6) is 0 Å². The molecule has 5 rings (SSSR count). The van der Waals surface area contributed by atoms with Crippen LogP contribution in [0.3, 0.4) is 0 Å². The number of urea groups is 1. The third kappa shape index (κ3) is 4.17. The molecule has 3 aromatic rings. The first-order valence-corrected chi connectivity index (χ1v) is 11.5. The Morgan fingerprint density at radius 1 is 0.906 bits per heavy atom. The highest BCUT2D eigenvalue weighted by Crippen LogP contribution is 2.31. The van der Waals surface area contributed by atoms with E-state index in [1.807, 2.05) is 54.3 Å². The molecule has 0 spiro atoms. The number of anilines is 2. The summed E-state index contributed by atoms with van der Waals surface area (Å²) in [6, 6.07) is 18.0. The van der Waals surface area contributed by atoms with Gasteiger partial charge in [0.15, 0.2) is 5.82 Å². The summed E-state index contributed by atoms with van der Waals surface area (Å²) in [6.07, 6.45) is 4.36. The average Bonchev–Trinajstić information content (AvgIpc) is 2.85. The van der Waals surface area contributed by atoms with Crippen LogP contribution in [0, 0.1) is 6.92 Å². The summed E-state index contributed by atoms with van der Waals surface area (Å²) in [6.45, 7) is 5.21. The fourth-order valence-corrected chi connectivity index (χ4v) is 4.56. The van der Waals surface area contributed by atoms with E-state index in [1.165, 1.54) is 19.3 Å². The zero-order chi connectivity index (χ0) is 21.9. The van der Waals surface area contributed by atoms with Crippen LogP contribution in [-0.4, -0.2) is 40.5 Å². The van der Waals surface area contributed by atoms with E-state index in [0.29, 0.717) is 13.1 Å². The quantitative estimate of drug-likeness (QED) is 0.637. The molecule has 2 aliphatic heterocycles. The molecule has 2 amide bonds. The van der Waals surface area contributed by atoms with Gasteiger partial charge in [-0.05, 0) is 37.8 Å². The fraction of sp³-hybridized carbons (Fsp3) is 0.346. The molecule has 2 aliphatic rings. The topological polar surface area (TPSA) is 61.4 Å². The maximum atomic E-state index is 13.1. The van der Waals surface area contributed by atoms with Crippen molar-refractivity contribution in [2.24, 2.45) is 0 Å². The summed E-state index contributed by atoms with van der Waals surface area (Å²) in [4.78, 5) is 27.3. The van der Waals surface area contributed by atoms with Crippen molar-refractivity contribution in [3.63, 3.8) is 0 Å². The van der Waals surface area contributed by atoms with Gasteiger partial charge in [0, 0.05) is 42.9 Å². The first-order valence-electron chi connectivity index (χ1n) is 11.5. The van der Waals surface area contributed by atoms with Crippen LogP contribution in [0.25, 0.3) is 11.4 Å². The van der Waals surface area contributed by atoms with Crippen LogP contribution in [0.15, 0.2) is 54.6 Å². The molecule has 0 unspecified atom stereocenters. The zero-order valence-corrected chi connectivity index (χ0v) is 18.6. The van der Waals surface area contributed by atoms with Gasteiger partial charge in [0.1, 0.15) is 5.82 Å². The van der Waals surface area contributed by atoms with Crippen LogP contribution < -0.4 is 10.2 Å². The van der Waals surface area contributed by atoms with Gasteiger partial charge in [-0.3, -0.25) is 0 Å². The van der Waals surface area contributed by atoms with Crippen molar-refractivity contribution in [3.05, 3.63) is 71.4 Å². The molecule has 1 N–H and O–H groups in total. The lowest BCUT2D eigenvalue weighted by Gasteiger charge is -2.34. The molecule has 2 aromatic carbocycles. The number of nitrogens with one attached hydrogen (secondary N) is 1. The van der Waals surface area contributed by atoms with Crippen LogP contribution >= 0.6 is 0 Å². The van der Waals surface area contributed by atoms with Crippen molar-refractivity contribution in [2.75, 3.05) is 29.9 Å². The maximum Gasteiger partial charge on any atom is 0.322 e. The Hall–Kier alpha value is -3.41. The number of nitrogens with zero attached hydrogens (tertiary/aromatic N) is 4. The Bertz CT molecular complexity index is 1110. The van der Waals surface area contributed by atoms with Gasteiger partial charge in [0.05, 0.1) is 12.2 Å². The molecule has 1 aromatic heterocycles. The standard InChI is InChI=1S/C26H29N5O/c1-19-10-6-7-13-22(19)28-26(32)31-17-14-23-21(18-31)25(30-15-8-3-9-16-30)29-24(27-23)20-11-4-2-5-12-20/h2,4-7,10-13H,3,8-9,14-18H2,1H3,(H,28,32). The first kappa shape index (κ1) is 20.5. The van der Waals surface area contributed by atoms with Crippen molar-refractivity contribution in [1.82, 2.24) is 14.9 Å². The number of piperidine rings is 1. The lowest BCUT2D eigenvalue weighted by Crippen LogP contribution is -2.41. The highest BCUT2D eigenvalue weighted by Gasteiger charge is 2.28.